The number of hydrogen-bond acceptors (Lipinski definition) is 3. The molecule has 0 bridgehead atoms. The highest BCUT2D eigenvalue weighted by molar-refractivity contribution is 8.00. The summed E-state index contributed by atoms with van der Waals surface area (Å²) in [6.07, 6.45) is 0. The molecule has 3 rings (SSSR count). The topological polar surface area (TPSA) is 18.5 Å². The Morgan fingerprint density at radius 3 is 2.27 bits per heavy atom. The first-order chi connectivity index (χ1) is 10.7. The molecule has 0 aromatic heterocycles. The van der Waals surface area contributed by atoms with Gasteiger partial charge in [0.25, 0.3) is 0 Å². The predicted molar refractivity (Wildman–Crippen MR) is 92.4 cm³/mol. The maximum Gasteiger partial charge on any atom is 0.119 e. The largest absolute Gasteiger partial charge is 0.489 e. The molecular formula is C19H22O2S. The number of thioether (sulfide) groups is 1. The molecule has 0 radical (unpaired) electrons. The van der Waals surface area contributed by atoms with Crippen molar-refractivity contribution in [2.75, 3.05) is 13.2 Å². The quantitative estimate of drug-likeness (QED) is 0.774. The van der Waals surface area contributed by atoms with Crippen LogP contribution in [0.3, 0.4) is 0 Å². The molecule has 0 aliphatic carbocycles. The van der Waals surface area contributed by atoms with Crippen LogP contribution in [-0.4, -0.2) is 18.5 Å². The Morgan fingerprint density at radius 2 is 1.73 bits per heavy atom. The summed E-state index contributed by atoms with van der Waals surface area (Å²) in [5, 5.41) is 0.595. The first kappa shape index (κ1) is 15.4. The van der Waals surface area contributed by atoms with Gasteiger partial charge in [0.2, 0.25) is 0 Å². The van der Waals surface area contributed by atoms with Gasteiger partial charge in [-0.05, 0) is 23.3 Å². The van der Waals surface area contributed by atoms with E-state index in [4.69, 9.17) is 9.47 Å². The monoisotopic (exact) mass is 314 g/mol. The second-order valence-electron chi connectivity index (χ2n) is 5.95. The molecule has 22 heavy (non-hydrogen) atoms. The van der Waals surface area contributed by atoms with Gasteiger partial charge in [0, 0.05) is 5.25 Å². The van der Waals surface area contributed by atoms with E-state index in [1.807, 2.05) is 30.0 Å². The third-order valence-electron chi connectivity index (χ3n) is 3.76. The van der Waals surface area contributed by atoms with E-state index in [0.29, 0.717) is 11.9 Å². The van der Waals surface area contributed by atoms with Crippen molar-refractivity contribution in [1.29, 1.82) is 0 Å². The molecule has 0 unspecified atom stereocenters. The second kappa shape index (κ2) is 6.76. The fourth-order valence-corrected chi connectivity index (χ4v) is 4.11. The van der Waals surface area contributed by atoms with Crippen molar-refractivity contribution in [3.8, 4) is 5.75 Å². The zero-order valence-corrected chi connectivity index (χ0v) is 13.9. The molecule has 0 spiro atoms. The summed E-state index contributed by atoms with van der Waals surface area (Å²) in [5.41, 5.74) is 2.52. The SMILES string of the molecule is CC(C)SC1(c2ccc(OCc3ccccc3)cc2)COC1. The minimum absolute atomic E-state index is 0.131. The maximum atomic E-state index is 5.85. The van der Waals surface area contributed by atoms with E-state index in [2.05, 4.69) is 50.2 Å². The van der Waals surface area contributed by atoms with E-state index in [-0.39, 0.29) is 4.75 Å². The molecule has 0 N–H and O–H groups in total. The van der Waals surface area contributed by atoms with Crippen molar-refractivity contribution in [2.24, 2.45) is 0 Å². The average Bonchev–Trinajstić information content (AvgIpc) is 2.50. The first-order valence-electron chi connectivity index (χ1n) is 7.71. The number of hydrogen-bond donors (Lipinski definition) is 0. The lowest BCUT2D eigenvalue weighted by Gasteiger charge is -2.42. The minimum atomic E-state index is 0.131. The standard InChI is InChI=1S/C19H22O2S/c1-15(2)22-19(13-20-14-19)17-8-10-18(11-9-17)21-12-16-6-4-3-5-7-16/h3-11,15H,12-14H2,1-2H3. The molecule has 1 saturated heterocycles. The Labute approximate surface area is 136 Å². The van der Waals surface area contributed by atoms with Crippen LogP contribution in [0, 0.1) is 0 Å². The summed E-state index contributed by atoms with van der Waals surface area (Å²) >= 11 is 1.99. The van der Waals surface area contributed by atoms with Crippen LogP contribution in [0.4, 0.5) is 0 Å². The molecule has 1 heterocycles. The van der Waals surface area contributed by atoms with Gasteiger partial charge in [-0.3, -0.25) is 0 Å². The second-order valence-corrected chi connectivity index (χ2v) is 7.91. The van der Waals surface area contributed by atoms with Crippen LogP contribution in [0.1, 0.15) is 25.0 Å². The smallest absolute Gasteiger partial charge is 0.119 e. The van der Waals surface area contributed by atoms with E-state index < -0.39 is 0 Å². The van der Waals surface area contributed by atoms with Gasteiger partial charge in [0.05, 0.1) is 18.0 Å². The predicted octanol–water partition coefficient (Wildman–Crippen LogP) is 4.63. The van der Waals surface area contributed by atoms with Crippen molar-refractivity contribution in [3.05, 3.63) is 65.7 Å². The van der Waals surface area contributed by atoms with E-state index in [1.165, 1.54) is 11.1 Å². The summed E-state index contributed by atoms with van der Waals surface area (Å²) in [7, 11) is 0. The van der Waals surface area contributed by atoms with Crippen molar-refractivity contribution >= 4 is 11.8 Å². The molecule has 1 fully saturated rings. The van der Waals surface area contributed by atoms with E-state index in [9.17, 15) is 0 Å². The summed E-state index contributed by atoms with van der Waals surface area (Å²) in [5.74, 6) is 0.914. The molecule has 0 atom stereocenters. The Kier molecular flexibility index (Phi) is 4.74. The van der Waals surface area contributed by atoms with Crippen LogP contribution in [-0.2, 0) is 16.1 Å². The van der Waals surface area contributed by atoms with Crippen molar-refractivity contribution in [2.45, 2.75) is 30.5 Å². The lowest BCUT2D eigenvalue weighted by Crippen LogP contribution is -2.44. The van der Waals surface area contributed by atoms with Crippen LogP contribution < -0.4 is 4.74 Å². The Hall–Kier alpha value is -1.45. The Balaban J connectivity index is 1.65. The molecule has 2 aromatic rings. The lowest BCUT2D eigenvalue weighted by atomic mass is 9.96. The molecule has 0 saturated carbocycles. The van der Waals surface area contributed by atoms with Gasteiger partial charge in [-0.15, -0.1) is 11.8 Å². The molecule has 1 aliphatic rings. The van der Waals surface area contributed by atoms with Gasteiger partial charge in [0.1, 0.15) is 12.4 Å². The zero-order chi connectivity index (χ0) is 15.4. The lowest BCUT2D eigenvalue weighted by molar-refractivity contribution is -0.0110. The molecule has 116 valence electrons. The molecule has 2 nitrogen and oxygen atoms in total. The number of ether oxygens (including phenoxy) is 2. The molecule has 3 heteroatoms. The number of rotatable bonds is 6. The maximum absolute atomic E-state index is 5.85. The first-order valence-corrected chi connectivity index (χ1v) is 8.59. The highest BCUT2D eigenvalue weighted by atomic mass is 32.2. The van der Waals surface area contributed by atoms with E-state index >= 15 is 0 Å². The fourth-order valence-electron chi connectivity index (χ4n) is 2.64. The zero-order valence-electron chi connectivity index (χ0n) is 13.1. The fraction of sp³-hybridized carbons (Fsp3) is 0.368. The van der Waals surface area contributed by atoms with Crippen LogP contribution in [0.2, 0.25) is 0 Å². The molecule has 1 aliphatic heterocycles. The summed E-state index contributed by atoms with van der Waals surface area (Å²) < 4.78 is 11.5. The van der Waals surface area contributed by atoms with Gasteiger partial charge in [-0.25, -0.2) is 0 Å². The van der Waals surface area contributed by atoms with Gasteiger partial charge in [-0.1, -0.05) is 56.3 Å². The summed E-state index contributed by atoms with van der Waals surface area (Å²) in [6, 6.07) is 18.7. The average molecular weight is 314 g/mol. The third kappa shape index (κ3) is 3.47. The van der Waals surface area contributed by atoms with E-state index in [0.717, 1.165) is 19.0 Å². The van der Waals surface area contributed by atoms with Gasteiger partial charge < -0.3 is 9.47 Å². The molecule has 0 amide bonds. The number of benzene rings is 2. The van der Waals surface area contributed by atoms with Crippen molar-refractivity contribution in [3.63, 3.8) is 0 Å². The highest BCUT2D eigenvalue weighted by Gasteiger charge is 2.41. The van der Waals surface area contributed by atoms with Crippen LogP contribution >= 0.6 is 11.8 Å². The van der Waals surface area contributed by atoms with Crippen LogP contribution in [0.25, 0.3) is 0 Å². The van der Waals surface area contributed by atoms with Crippen molar-refractivity contribution < 1.29 is 9.47 Å². The van der Waals surface area contributed by atoms with Gasteiger partial charge in [0.15, 0.2) is 0 Å². The Bertz CT molecular complexity index is 589. The minimum Gasteiger partial charge on any atom is -0.489 e. The normalized spacial score (nSPS) is 16.3. The van der Waals surface area contributed by atoms with Gasteiger partial charge >= 0.3 is 0 Å². The van der Waals surface area contributed by atoms with Gasteiger partial charge in [-0.2, -0.15) is 0 Å². The summed E-state index contributed by atoms with van der Waals surface area (Å²) in [6.45, 7) is 6.69. The Morgan fingerprint density at radius 1 is 1.05 bits per heavy atom. The van der Waals surface area contributed by atoms with Crippen molar-refractivity contribution in [1.82, 2.24) is 0 Å². The highest BCUT2D eigenvalue weighted by Crippen LogP contribution is 2.45. The summed E-state index contributed by atoms with van der Waals surface area (Å²) in [4.78, 5) is 0. The van der Waals surface area contributed by atoms with E-state index in [1.54, 1.807) is 0 Å². The molecular weight excluding hydrogens is 292 g/mol. The third-order valence-corrected chi connectivity index (χ3v) is 5.15. The van der Waals surface area contributed by atoms with Crippen LogP contribution in [0.15, 0.2) is 54.6 Å². The van der Waals surface area contributed by atoms with Crippen LogP contribution in [0.5, 0.6) is 5.75 Å². The molecule has 2 aromatic carbocycles.